The average Bonchev–Trinajstić information content (AvgIpc) is 3.57. The van der Waals surface area contributed by atoms with E-state index in [9.17, 15) is 4.79 Å². The molecule has 0 saturated heterocycles. The van der Waals surface area contributed by atoms with Crippen LogP contribution in [0.5, 0.6) is 5.75 Å². The molecule has 2 N–H and O–H groups in total. The van der Waals surface area contributed by atoms with Crippen molar-refractivity contribution in [2.45, 2.75) is 53.4 Å². The highest BCUT2D eigenvalue weighted by atomic mass is 16.5. The first-order chi connectivity index (χ1) is 18.7. The maximum absolute atomic E-state index is 12.1. The molecule has 9 nitrogen and oxygen atoms in total. The maximum Gasteiger partial charge on any atom is 0.258 e. The first-order valence-corrected chi connectivity index (χ1v) is 13.1. The topological polar surface area (TPSA) is 103 Å². The molecule has 4 aromatic rings. The second kappa shape index (κ2) is 12.1. The van der Waals surface area contributed by atoms with Crippen LogP contribution in [0, 0.1) is 0 Å². The third kappa shape index (κ3) is 7.20. The number of benzene rings is 2. The third-order valence-electron chi connectivity index (χ3n) is 5.74. The molecular weight excluding hydrogens is 492 g/mol. The van der Waals surface area contributed by atoms with Gasteiger partial charge in [0.2, 0.25) is 0 Å². The number of hydrogen-bond acceptors (Lipinski definition) is 7. The van der Waals surface area contributed by atoms with Crippen LogP contribution in [0.1, 0.15) is 45.9 Å². The first kappa shape index (κ1) is 27.8. The monoisotopic (exact) mass is 528 g/mol. The number of anilines is 2. The summed E-state index contributed by atoms with van der Waals surface area (Å²) in [6.45, 7) is 10.6. The highest BCUT2D eigenvalue weighted by Gasteiger charge is 2.21. The van der Waals surface area contributed by atoms with Crippen LogP contribution in [0.2, 0.25) is 0 Å². The lowest BCUT2D eigenvalue weighted by molar-refractivity contribution is -0.124. The van der Waals surface area contributed by atoms with Crippen molar-refractivity contribution in [2.24, 2.45) is 7.05 Å². The normalized spacial score (nSPS) is 12.3. The summed E-state index contributed by atoms with van der Waals surface area (Å²) in [5.74, 6) is 1.66. The zero-order chi connectivity index (χ0) is 28.0. The van der Waals surface area contributed by atoms with Gasteiger partial charge in [0, 0.05) is 41.2 Å². The lowest BCUT2D eigenvalue weighted by Crippen LogP contribution is -2.43. The minimum absolute atomic E-state index is 0.0680. The Balaban J connectivity index is 0.00000172. The van der Waals surface area contributed by atoms with Gasteiger partial charge in [0.05, 0.1) is 25.1 Å². The SMILES string of the molecule is CC.Cn1cc(-c2ccc(Nc3nc(-c4cccc(OCC(=O)NC(C)(C)C)c4)nc4c3COC4)cc2)cn1. The van der Waals surface area contributed by atoms with Crippen molar-refractivity contribution < 1.29 is 14.3 Å². The van der Waals surface area contributed by atoms with Gasteiger partial charge in [0.25, 0.3) is 5.91 Å². The number of hydrogen-bond donors (Lipinski definition) is 2. The van der Waals surface area contributed by atoms with E-state index in [4.69, 9.17) is 19.4 Å². The van der Waals surface area contributed by atoms with Gasteiger partial charge in [-0.05, 0) is 50.6 Å². The number of amides is 1. The van der Waals surface area contributed by atoms with E-state index >= 15 is 0 Å². The fourth-order valence-electron chi connectivity index (χ4n) is 4.06. The van der Waals surface area contributed by atoms with Gasteiger partial charge in [0.1, 0.15) is 11.6 Å². The number of rotatable bonds is 7. The van der Waals surface area contributed by atoms with Crippen LogP contribution in [0.3, 0.4) is 0 Å². The van der Waals surface area contributed by atoms with E-state index in [0.717, 1.165) is 33.6 Å². The van der Waals surface area contributed by atoms with Crippen LogP contribution in [0.4, 0.5) is 11.5 Å². The molecule has 1 aliphatic rings. The van der Waals surface area contributed by atoms with Gasteiger partial charge in [-0.25, -0.2) is 9.97 Å². The molecule has 9 heteroatoms. The van der Waals surface area contributed by atoms with Gasteiger partial charge >= 0.3 is 0 Å². The van der Waals surface area contributed by atoms with E-state index < -0.39 is 0 Å². The van der Waals surface area contributed by atoms with E-state index in [1.54, 1.807) is 4.68 Å². The molecule has 0 radical (unpaired) electrons. The van der Waals surface area contributed by atoms with Gasteiger partial charge in [-0.1, -0.05) is 38.1 Å². The van der Waals surface area contributed by atoms with Crippen molar-refractivity contribution in [3.05, 3.63) is 72.2 Å². The highest BCUT2D eigenvalue weighted by molar-refractivity contribution is 5.78. The quantitative estimate of drug-likeness (QED) is 0.320. The fourth-order valence-corrected chi connectivity index (χ4v) is 4.06. The van der Waals surface area contributed by atoms with Crippen molar-refractivity contribution in [3.8, 4) is 28.3 Å². The van der Waals surface area contributed by atoms with Crippen LogP contribution in [0.15, 0.2) is 60.9 Å². The number of aryl methyl sites for hydroxylation is 1. The number of nitrogens with zero attached hydrogens (tertiary/aromatic N) is 4. The Morgan fingerprint density at radius 3 is 2.49 bits per heavy atom. The van der Waals surface area contributed by atoms with Crippen LogP contribution in [0.25, 0.3) is 22.5 Å². The summed E-state index contributed by atoms with van der Waals surface area (Å²) in [5, 5.41) is 10.6. The summed E-state index contributed by atoms with van der Waals surface area (Å²) in [6, 6.07) is 15.6. The van der Waals surface area contributed by atoms with Crippen LogP contribution >= 0.6 is 0 Å². The molecule has 3 heterocycles. The molecule has 0 atom stereocenters. The van der Waals surface area contributed by atoms with Crippen molar-refractivity contribution in [2.75, 3.05) is 11.9 Å². The van der Waals surface area contributed by atoms with Gasteiger partial charge in [0.15, 0.2) is 12.4 Å². The molecule has 204 valence electrons. The Hall–Kier alpha value is -4.24. The van der Waals surface area contributed by atoms with Gasteiger partial charge in [-0.3, -0.25) is 9.48 Å². The number of carbonyl (C=O) groups excluding carboxylic acids is 1. The molecule has 39 heavy (non-hydrogen) atoms. The predicted octanol–water partition coefficient (Wildman–Crippen LogP) is 5.64. The lowest BCUT2D eigenvalue weighted by Gasteiger charge is -2.20. The van der Waals surface area contributed by atoms with Crippen molar-refractivity contribution in [1.82, 2.24) is 25.1 Å². The number of fused-ring (bicyclic) bond motifs is 1. The third-order valence-corrected chi connectivity index (χ3v) is 5.74. The molecule has 0 saturated carbocycles. The minimum atomic E-state index is -0.314. The Bertz CT molecular complexity index is 1420. The average molecular weight is 529 g/mol. The Labute approximate surface area is 229 Å². The molecule has 0 bridgehead atoms. The van der Waals surface area contributed by atoms with Crippen LogP contribution in [-0.4, -0.2) is 37.8 Å². The van der Waals surface area contributed by atoms with E-state index in [2.05, 4.69) is 27.9 Å². The zero-order valence-electron chi connectivity index (χ0n) is 23.4. The number of ether oxygens (including phenoxy) is 2. The Morgan fingerprint density at radius 1 is 1.03 bits per heavy atom. The molecule has 2 aromatic carbocycles. The summed E-state index contributed by atoms with van der Waals surface area (Å²) in [4.78, 5) is 21.7. The van der Waals surface area contributed by atoms with Crippen LogP contribution in [-0.2, 0) is 29.8 Å². The fraction of sp³-hybridized carbons (Fsp3) is 0.333. The Kier molecular flexibility index (Phi) is 8.61. The van der Waals surface area contributed by atoms with Crippen molar-refractivity contribution in [1.29, 1.82) is 0 Å². The molecule has 0 spiro atoms. The first-order valence-electron chi connectivity index (χ1n) is 13.1. The minimum Gasteiger partial charge on any atom is -0.484 e. The van der Waals surface area contributed by atoms with E-state index in [1.165, 1.54) is 0 Å². The number of carbonyl (C=O) groups is 1. The van der Waals surface area contributed by atoms with Gasteiger partial charge in [-0.2, -0.15) is 5.10 Å². The van der Waals surface area contributed by atoms with Gasteiger partial charge < -0.3 is 20.1 Å². The van der Waals surface area contributed by atoms with Crippen molar-refractivity contribution in [3.63, 3.8) is 0 Å². The molecule has 1 amide bonds. The molecule has 5 rings (SSSR count). The van der Waals surface area contributed by atoms with E-state index in [-0.39, 0.29) is 18.1 Å². The second-order valence-corrected chi connectivity index (χ2v) is 10.0. The highest BCUT2D eigenvalue weighted by Crippen LogP contribution is 2.31. The summed E-state index contributed by atoms with van der Waals surface area (Å²) in [7, 11) is 1.90. The van der Waals surface area contributed by atoms with Gasteiger partial charge in [-0.15, -0.1) is 0 Å². The molecule has 2 aromatic heterocycles. The number of aromatic nitrogens is 4. The second-order valence-electron chi connectivity index (χ2n) is 10.0. The summed E-state index contributed by atoms with van der Waals surface area (Å²) in [6.07, 6.45) is 3.83. The van der Waals surface area contributed by atoms with E-state index in [0.29, 0.717) is 30.6 Å². The molecule has 0 fully saturated rings. The maximum atomic E-state index is 12.1. The summed E-state index contributed by atoms with van der Waals surface area (Å²) >= 11 is 0. The molecular formula is C30H36N6O3. The lowest BCUT2D eigenvalue weighted by atomic mass is 10.1. The number of nitrogens with one attached hydrogen (secondary N) is 2. The standard InChI is InChI=1S/C28H30N6O3.C2H6/c1-28(2,3)33-25(35)17-37-22-7-5-6-19(12-22)26-31-24-16-36-15-23(24)27(32-26)30-21-10-8-18(9-11-21)20-13-29-34(4)14-20;1-2/h5-14H,15-17H2,1-4H3,(H,33,35)(H,30,31,32);1-2H3. The largest absolute Gasteiger partial charge is 0.484 e. The smallest absolute Gasteiger partial charge is 0.258 e. The van der Waals surface area contributed by atoms with Crippen LogP contribution < -0.4 is 15.4 Å². The summed E-state index contributed by atoms with van der Waals surface area (Å²) in [5.41, 5.74) is 5.34. The summed E-state index contributed by atoms with van der Waals surface area (Å²) < 4.78 is 13.2. The van der Waals surface area contributed by atoms with E-state index in [1.807, 2.05) is 90.5 Å². The molecule has 1 aliphatic heterocycles. The molecule has 0 unspecified atom stereocenters. The Morgan fingerprint density at radius 2 is 1.79 bits per heavy atom. The predicted molar refractivity (Wildman–Crippen MR) is 153 cm³/mol. The zero-order valence-corrected chi connectivity index (χ0v) is 23.4. The van der Waals surface area contributed by atoms with Crippen molar-refractivity contribution >= 4 is 17.4 Å². The molecule has 0 aliphatic carbocycles.